The van der Waals surface area contributed by atoms with Gasteiger partial charge in [-0.1, -0.05) is 12.1 Å². The zero-order valence-electron chi connectivity index (χ0n) is 12.0. The largest absolute Gasteiger partial charge is 0.366 e. The number of nitrogens with two attached hydrogens (primary N) is 1. The zero-order chi connectivity index (χ0) is 15.7. The number of carbonyl (C=O) groups is 2. The molecule has 0 spiro atoms. The monoisotopic (exact) mass is 293 g/mol. The highest BCUT2D eigenvalue weighted by Gasteiger charge is 2.11. The van der Waals surface area contributed by atoms with Gasteiger partial charge in [-0.2, -0.15) is 0 Å². The Morgan fingerprint density at radius 3 is 2.64 bits per heavy atom. The van der Waals surface area contributed by atoms with Gasteiger partial charge in [0.2, 0.25) is 5.91 Å². The number of anilines is 1. The van der Waals surface area contributed by atoms with Crippen molar-refractivity contribution in [3.63, 3.8) is 0 Å². The third-order valence-electron chi connectivity index (χ3n) is 3.44. The van der Waals surface area contributed by atoms with Crippen LogP contribution in [-0.2, 0) is 4.79 Å². The smallest absolute Gasteiger partial charge is 0.250 e. The minimum absolute atomic E-state index is 0.129. The van der Waals surface area contributed by atoms with E-state index < -0.39 is 5.91 Å². The van der Waals surface area contributed by atoms with Crippen LogP contribution in [0.15, 0.2) is 48.7 Å². The maximum atomic E-state index is 11.7. The first kappa shape index (κ1) is 13.9. The third-order valence-corrected chi connectivity index (χ3v) is 3.44. The molecule has 1 aromatic heterocycles. The van der Waals surface area contributed by atoms with Gasteiger partial charge in [0.05, 0.1) is 11.1 Å². The first-order valence-electron chi connectivity index (χ1n) is 6.83. The van der Waals surface area contributed by atoms with Gasteiger partial charge in [-0.3, -0.25) is 9.59 Å². The second-order valence-corrected chi connectivity index (χ2v) is 5.09. The van der Waals surface area contributed by atoms with Crippen LogP contribution in [-0.4, -0.2) is 16.8 Å². The topological polar surface area (TPSA) is 88.0 Å². The van der Waals surface area contributed by atoms with Crippen molar-refractivity contribution in [3.8, 4) is 11.1 Å². The van der Waals surface area contributed by atoms with E-state index in [0.717, 1.165) is 22.0 Å². The number of hydrogen-bond donors (Lipinski definition) is 3. The number of fused-ring (bicyclic) bond motifs is 1. The lowest BCUT2D eigenvalue weighted by molar-refractivity contribution is -0.114. The molecule has 2 amide bonds. The number of benzene rings is 2. The van der Waals surface area contributed by atoms with Gasteiger partial charge in [0.1, 0.15) is 0 Å². The molecule has 3 aromatic rings. The molecule has 0 bridgehead atoms. The lowest BCUT2D eigenvalue weighted by Crippen LogP contribution is -2.11. The highest BCUT2D eigenvalue weighted by atomic mass is 16.1. The molecular weight excluding hydrogens is 278 g/mol. The number of primary amides is 1. The van der Waals surface area contributed by atoms with Gasteiger partial charge in [-0.05, 0) is 41.5 Å². The van der Waals surface area contributed by atoms with Crippen LogP contribution < -0.4 is 11.1 Å². The van der Waals surface area contributed by atoms with Crippen molar-refractivity contribution in [1.29, 1.82) is 0 Å². The number of H-pyrrole nitrogens is 1. The molecule has 4 N–H and O–H groups in total. The Labute approximate surface area is 127 Å². The second kappa shape index (κ2) is 5.37. The minimum Gasteiger partial charge on any atom is -0.366 e. The van der Waals surface area contributed by atoms with Crippen molar-refractivity contribution in [2.75, 3.05) is 5.32 Å². The summed E-state index contributed by atoms with van der Waals surface area (Å²) < 4.78 is 0. The lowest BCUT2D eigenvalue weighted by atomic mass is 9.99. The molecule has 5 heteroatoms. The predicted molar refractivity (Wildman–Crippen MR) is 86.6 cm³/mol. The van der Waals surface area contributed by atoms with Gasteiger partial charge in [-0.25, -0.2) is 0 Å². The van der Waals surface area contributed by atoms with Crippen LogP contribution in [0.5, 0.6) is 0 Å². The van der Waals surface area contributed by atoms with Crippen LogP contribution in [0.1, 0.15) is 17.3 Å². The van der Waals surface area contributed by atoms with E-state index in [1.54, 1.807) is 12.3 Å². The van der Waals surface area contributed by atoms with Crippen molar-refractivity contribution in [3.05, 3.63) is 54.2 Å². The summed E-state index contributed by atoms with van der Waals surface area (Å²) in [6.07, 6.45) is 1.77. The van der Waals surface area contributed by atoms with Crippen LogP contribution in [0.25, 0.3) is 22.0 Å². The third kappa shape index (κ3) is 2.56. The lowest BCUT2D eigenvalue weighted by Gasteiger charge is -2.08. The Morgan fingerprint density at radius 1 is 1.09 bits per heavy atom. The average molecular weight is 293 g/mol. The standard InChI is InChI=1S/C17H15N3O2/c1-10(21)20-14-4-2-3-11(8-14)13-7-12-5-6-19-16(12)15(9-13)17(18)22/h2-9,19H,1H3,(H2,18,22)(H,20,21). The summed E-state index contributed by atoms with van der Waals surface area (Å²) in [6, 6.07) is 13.1. The summed E-state index contributed by atoms with van der Waals surface area (Å²) in [7, 11) is 0. The fourth-order valence-corrected chi connectivity index (χ4v) is 2.51. The number of amides is 2. The highest BCUT2D eigenvalue weighted by molar-refractivity contribution is 6.06. The quantitative estimate of drug-likeness (QED) is 0.693. The molecule has 3 rings (SSSR count). The fraction of sp³-hybridized carbons (Fsp3) is 0.0588. The molecule has 0 aliphatic rings. The molecule has 0 atom stereocenters. The van der Waals surface area contributed by atoms with Crippen molar-refractivity contribution >= 4 is 28.4 Å². The summed E-state index contributed by atoms with van der Waals surface area (Å²) in [4.78, 5) is 25.8. The number of aromatic nitrogens is 1. The first-order chi connectivity index (χ1) is 10.5. The summed E-state index contributed by atoms with van der Waals surface area (Å²) in [6.45, 7) is 1.46. The Morgan fingerprint density at radius 2 is 1.91 bits per heavy atom. The number of hydrogen-bond acceptors (Lipinski definition) is 2. The van der Waals surface area contributed by atoms with E-state index in [4.69, 9.17) is 5.73 Å². The van der Waals surface area contributed by atoms with Crippen LogP contribution >= 0.6 is 0 Å². The maximum absolute atomic E-state index is 11.7. The average Bonchev–Trinajstić information content (AvgIpc) is 2.93. The molecule has 0 unspecified atom stereocenters. The van der Waals surface area contributed by atoms with Gasteiger partial charge in [-0.15, -0.1) is 0 Å². The van der Waals surface area contributed by atoms with E-state index in [1.165, 1.54) is 6.92 Å². The summed E-state index contributed by atoms with van der Waals surface area (Å²) >= 11 is 0. The molecule has 5 nitrogen and oxygen atoms in total. The number of nitrogens with one attached hydrogen (secondary N) is 2. The van der Waals surface area contributed by atoms with Crippen molar-refractivity contribution in [2.45, 2.75) is 6.92 Å². The molecule has 0 saturated carbocycles. The molecule has 0 aliphatic carbocycles. The molecule has 0 aliphatic heterocycles. The molecule has 2 aromatic carbocycles. The second-order valence-electron chi connectivity index (χ2n) is 5.09. The Kier molecular flexibility index (Phi) is 3.39. The minimum atomic E-state index is -0.479. The van der Waals surface area contributed by atoms with E-state index in [2.05, 4.69) is 10.3 Å². The predicted octanol–water partition coefficient (Wildman–Crippen LogP) is 2.89. The number of aromatic amines is 1. The van der Waals surface area contributed by atoms with E-state index in [0.29, 0.717) is 11.3 Å². The molecule has 1 heterocycles. The van der Waals surface area contributed by atoms with Gasteiger partial charge >= 0.3 is 0 Å². The van der Waals surface area contributed by atoms with Gasteiger partial charge in [0, 0.05) is 24.2 Å². The number of rotatable bonds is 3. The SMILES string of the molecule is CC(=O)Nc1cccc(-c2cc(C(N)=O)c3[nH]ccc3c2)c1. The van der Waals surface area contributed by atoms with E-state index in [9.17, 15) is 9.59 Å². The van der Waals surface area contributed by atoms with Gasteiger partial charge in [0.15, 0.2) is 0 Å². The zero-order valence-corrected chi connectivity index (χ0v) is 12.0. The molecule has 110 valence electrons. The molecular formula is C17H15N3O2. The number of carbonyl (C=O) groups excluding carboxylic acids is 2. The molecule has 22 heavy (non-hydrogen) atoms. The molecule has 0 fully saturated rings. The van der Waals surface area contributed by atoms with Crippen LogP contribution in [0.2, 0.25) is 0 Å². The van der Waals surface area contributed by atoms with Crippen molar-refractivity contribution in [2.24, 2.45) is 5.73 Å². The van der Waals surface area contributed by atoms with E-state index >= 15 is 0 Å². The maximum Gasteiger partial charge on any atom is 0.250 e. The fourth-order valence-electron chi connectivity index (χ4n) is 2.51. The molecule has 0 saturated heterocycles. The van der Waals surface area contributed by atoms with Gasteiger partial charge in [0.25, 0.3) is 5.91 Å². The van der Waals surface area contributed by atoms with Crippen LogP contribution in [0.4, 0.5) is 5.69 Å². The van der Waals surface area contributed by atoms with Crippen molar-refractivity contribution in [1.82, 2.24) is 4.98 Å². The van der Waals surface area contributed by atoms with Crippen LogP contribution in [0.3, 0.4) is 0 Å². The Hall–Kier alpha value is -3.08. The van der Waals surface area contributed by atoms with E-state index in [-0.39, 0.29) is 5.91 Å². The van der Waals surface area contributed by atoms with Crippen LogP contribution in [0, 0.1) is 0 Å². The Balaban J connectivity index is 2.13. The highest BCUT2D eigenvalue weighted by Crippen LogP contribution is 2.28. The normalized spacial score (nSPS) is 10.6. The summed E-state index contributed by atoms with van der Waals surface area (Å²) in [5.41, 5.74) is 9.12. The molecule has 0 radical (unpaired) electrons. The van der Waals surface area contributed by atoms with E-state index in [1.807, 2.05) is 36.4 Å². The first-order valence-corrected chi connectivity index (χ1v) is 6.83. The summed E-state index contributed by atoms with van der Waals surface area (Å²) in [5, 5.41) is 3.66. The van der Waals surface area contributed by atoms with Gasteiger partial charge < -0.3 is 16.0 Å². The van der Waals surface area contributed by atoms with Crippen molar-refractivity contribution < 1.29 is 9.59 Å². The summed E-state index contributed by atoms with van der Waals surface area (Å²) in [5.74, 6) is -0.608. The Bertz CT molecular complexity index is 880.